The van der Waals surface area contributed by atoms with Gasteiger partial charge in [-0.15, -0.1) is 5.10 Å². The van der Waals surface area contributed by atoms with Crippen LogP contribution in [0.4, 0.5) is 4.79 Å². The Balaban J connectivity index is 1.17. The Bertz CT molecular complexity index is 2160. The lowest BCUT2D eigenvalue weighted by molar-refractivity contribution is -0.143. The van der Waals surface area contributed by atoms with Gasteiger partial charge in [0.2, 0.25) is 17.6 Å². The third-order valence-corrected chi connectivity index (χ3v) is 11.9. The third kappa shape index (κ3) is 11.9. The number of Topliss-reactive ketones (excluding diaryl/α,β-unsaturated/α-hetero) is 2. The van der Waals surface area contributed by atoms with E-state index in [1.807, 2.05) is 30.3 Å². The zero-order chi connectivity index (χ0) is 43.5. The van der Waals surface area contributed by atoms with Gasteiger partial charge < -0.3 is 31.1 Å². The van der Waals surface area contributed by atoms with Crippen LogP contribution in [0.1, 0.15) is 119 Å². The summed E-state index contributed by atoms with van der Waals surface area (Å²) in [6.45, 7) is 3.56. The summed E-state index contributed by atoms with van der Waals surface area (Å²) in [7, 11) is 0. The number of aliphatic hydroxyl groups is 1. The minimum Gasteiger partial charge on any atom is -0.445 e. The maximum atomic E-state index is 14.9. The Morgan fingerprint density at radius 3 is 2.51 bits per heavy atom. The van der Waals surface area contributed by atoms with Crippen LogP contribution in [0.2, 0.25) is 0 Å². The number of nitrogens with zero attached hydrogens (tertiary/aromatic N) is 5. The van der Waals surface area contributed by atoms with E-state index in [2.05, 4.69) is 31.1 Å². The molecule has 2 aliphatic rings. The lowest BCUT2D eigenvalue weighted by atomic mass is 9.80. The molecule has 61 heavy (non-hydrogen) atoms. The molecule has 0 bridgehead atoms. The average molecular weight is 840 g/mol. The van der Waals surface area contributed by atoms with E-state index in [1.165, 1.54) is 15.8 Å². The first-order chi connectivity index (χ1) is 29.3. The number of ketones is 2. The number of hydrogen-bond donors (Lipinski definition) is 5. The molecule has 4 aromatic rings. The second-order valence-corrected chi connectivity index (χ2v) is 16.9. The van der Waals surface area contributed by atoms with Crippen molar-refractivity contribution in [1.82, 2.24) is 40.7 Å². The van der Waals surface area contributed by atoms with Gasteiger partial charge in [0.05, 0.1) is 35.7 Å². The number of alkyl carbamates (subject to hydrolysis) is 1. The topological polar surface area (TPSA) is 245 Å². The van der Waals surface area contributed by atoms with Crippen LogP contribution in [0.25, 0.3) is 10.9 Å². The molecule has 0 spiro atoms. The summed E-state index contributed by atoms with van der Waals surface area (Å²) in [5.41, 5.74) is 6.65. The van der Waals surface area contributed by atoms with E-state index in [1.54, 1.807) is 38.2 Å². The highest BCUT2D eigenvalue weighted by atomic mass is 16.5. The molecule has 4 amide bonds. The lowest BCUT2D eigenvalue weighted by Crippen LogP contribution is -2.53. The monoisotopic (exact) mass is 839 g/mol. The first-order valence-electron chi connectivity index (χ1n) is 21.3. The number of H-pyrrole nitrogens is 1. The Morgan fingerprint density at radius 2 is 1.77 bits per heavy atom. The standard InChI is InChI=1S/C44H57N9O8/c1-44(2,60)38-25-48-51-53(38)33-23-36(41(57)49-35(39(55)40(45)56)15-9-10-20-46-43(59)61-27-29-13-7-4-8-14-29)52(26-33)42(58)31(21-28-11-5-3-6-12-28)17-19-37(54)30-16-18-34-32(22-30)24-47-50-34/h4,7-8,13-14,16,18,22,24-25,28,31,33,35-36,60H,3,5-6,9-12,15,17,19-21,23,26-27H2,1-2H3,(H2,45,56)(H,46,59)(H,47,50)(H,49,57)/t31-,33+,35?,36+/m1/s1. The van der Waals surface area contributed by atoms with Crippen molar-refractivity contribution in [3.05, 3.63) is 77.7 Å². The second kappa shape index (κ2) is 20.5. The fraction of sp³-hybridized carbons (Fsp3) is 0.523. The summed E-state index contributed by atoms with van der Waals surface area (Å²) in [5.74, 6) is -3.56. The maximum Gasteiger partial charge on any atom is 0.407 e. The number of nitrogens with two attached hydrogens (primary N) is 1. The van der Waals surface area contributed by atoms with Crippen LogP contribution in [0, 0.1) is 11.8 Å². The summed E-state index contributed by atoms with van der Waals surface area (Å²) in [4.78, 5) is 81.9. The summed E-state index contributed by atoms with van der Waals surface area (Å²) in [6, 6.07) is 11.6. The van der Waals surface area contributed by atoms with Crippen LogP contribution in [0.3, 0.4) is 0 Å². The van der Waals surface area contributed by atoms with Gasteiger partial charge in [0.25, 0.3) is 5.91 Å². The molecule has 2 fully saturated rings. The minimum atomic E-state index is -1.34. The number of fused-ring (bicyclic) bond motifs is 1. The quantitative estimate of drug-likeness (QED) is 0.0474. The van der Waals surface area contributed by atoms with Crippen molar-refractivity contribution in [1.29, 1.82) is 0 Å². The van der Waals surface area contributed by atoms with Gasteiger partial charge in [-0.1, -0.05) is 67.6 Å². The Hall–Kier alpha value is -5.97. The van der Waals surface area contributed by atoms with E-state index in [-0.39, 0.29) is 63.0 Å². The average Bonchev–Trinajstić information content (AvgIpc) is 4.04. The number of aromatic nitrogens is 5. The van der Waals surface area contributed by atoms with Gasteiger partial charge in [-0.3, -0.25) is 29.1 Å². The molecule has 1 saturated heterocycles. The van der Waals surface area contributed by atoms with E-state index in [0.29, 0.717) is 30.5 Å². The SMILES string of the molecule is CC(C)(O)c1cnnn1[C@H]1C[C@@H](C(=O)NC(CCCCNC(=O)OCc2ccccc2)C(=O)C(N)=O)N(C(=O)[C@H](CCC(=O)c2ccc3[nH]ncc3c2)CC2CCCCC2)C1. The summed E-state index contributed by atoms with van der Waals surface area (Å²) in [5, 5.41) is 32.4. The highest BCUT2D eigenvalue weighted by Crippen LogP contribution is 2.36. The molecule has 17 nitrogen and oxygen atoms in total. The van der Waals surface area contributed by atoms with Gasteiger partial charge in [0, 0.05) is 42.8 Å². The number of amides is 4. The van der Waals surface area contributed by atoms with E-state index in [9.17, 15) is 33.9 Å². The third-order valence-electron chi connectivity index (χ3n) is 11.9. The van der Waals surface area contributed by atoms with Crippen LogP contribution in [-0.2, 0) is 36.1 Å². The highest BCUT2D eigenvalue weighted by Gasteiger charge is 2.45. The van der Waals surface area contributed by atoms with Gasteiger partial charge in [-0.05, 0) is 75.6 Å². The number of nitrogens with one attached hydrogen (secondary N) is 3. The van der Waals surface area contributed by atoms with Crippen LogP contribution >= 0.6 is 0 Å². The molecule has 0 radical (unpaired) electrons. The van der Waals surface area contributed by atoms with Crippen LogP contribution < -0.4 is 16.4 Å². The molecule has 1 saturated carbocycles. The molecule has 1 unspecified atom stereocenters. The zero-order valence-electron chi connectivity index (χ0n) is 34.9. The van der Waals surface area contributed by atoms with Gasteiger partial charge in [0.15, 0.2) is 5.78 Å². The first-order valence-corrected chi connectivity index (χ1v) is 21.3. The molecule has 6 rings (SSSR count). The number of primary amides is 1. The second-order valence-electron chi connectivity index (χ2n) is 16.9. The number of carbonyl (C=O) groups is 6. The molecular weight excluding hydrogens is 783 g/mol. The van der Waals surface area contributed by atoms with Gasteiger partial charge in [-0.25, -0.2) is 9.48 Å². The van der Waals surface area contributed by atoms with Crippen molar-refractivity contribution in [2.24, 2.45) is 17.6 Å². The highest BCUT2D eigenvalue weighted by molar-refractivity contribution is 6.37. The molecule has 326 valence electrons. The van der Waals surface area contributed by atoms with E-state index in [0.717, 1.165) is 48.6 Å². The van der Waals surface area contributed by atoms with Crippen molar-refractivity contribution < 1.29 is 38.6 Å². The largest absolute Gasteiger partial charge is 0.445 e. The minimum absolute atomic E-state index is 0.0430. The van der Waals surface area contributed by atoms with E-state index >= 15 is 0 Å². The molecule has 2 aromatic carbocycles. The van der Waals surface area contributed by atoms with E-state index < -0.39 is 53.3 Å². The predicted molar refractivity (Wildman–Crippen MR) is 223 cm³/mol. The Morgan fingerprint density at radius 1 is 1.00 bits per heavy atom. The number of hydrogen-bond acceptors (Lipinski definition) is 11. The summed E-state index contributed by atoms with van der Waals surface area (Å²) >= 11 is 0. The molecule has 4 atom stereocenters. The molecule has 1 aliphatic carbocycles. The summed E-state index contributed by atoms with van der Waals surface area (Å²) < 4.78 is 6.78. The molecule has 3 heterocycles. The Kier molecular flexibility index (Phi) is 15.0. The number of likely N-dealkylation sites (tertiary alicyclic amines) is 1. The maximum absolute atomic E-state index is 14.9. The van der Waals surface area contributed by atoms with Crippen molar-refractivity contribution in [2.75, 3.05) is 13.1 Å². The smallest absolute Gasteiger partial charge is 0.407 e. The zero-order valence-corrected chi connectivity index (χ0v) is 34.9. The number of rotatable bonds is 20. The Labute approximate surface area is 354 Å². The van der Waals surface area contributed by atoms with Gasteiger partial charge in [-0.2, -0.15) is 5.10 Å². The lowest BCUT2D eigenvalue weighted by Gasteiger charge is -2.32. The number of aromatic amines is 1. The predicted octanol–water partition coefficient (Wildman–Crippen LogP) is 4.41. The fourth-order valence-electron chi connectivity index (χ4n) is 8.55. The van der Waals surface area contributed by atoms with Crippen LogP contribution in [0.15, 0.2) is 60.9 Å². The normalized spacial score (nSPS) is 18.0. The molecular formula is C44H57N9O8. The van der Waals surface area contributed by atoms with Crippen LogP contribution in [-0.4, -0.2) is 95.8 Å². The molecule has 2 aromatic heterocycles. The van der Waals surface area contributed by atoms with Gasteiger partial charge in [0.1, 0.15) is 18.2 Å². The van der Waals surface area contributed by atoms with Crippen molar-refractivity contribution in [3.63, 3.8) is 0 Å². The number of ether oxygens (including phenoxy) is 1. The van der Waals surface area contributed by atoms with Crippen molar-refractivity contribution in [3.8, 4) is 0 Å². The number of carbonyl (C=O) groups excluding carboxylic acids is 6. The van der Waals surface area contributed by atoms with Crippen LogP contribution in [0.5, 0.6) is 0 Å². The number of unbranched alkanes of at least 4 members (excludes halogenated alkanes) is 1. The molecule has 17 heteroatoms. The van der Waals surface area contributed by atoms with Gasteiger partial charge >= 0.3 is 6.09 Å². The van der Waals surface area contributed by atoms with Crippen molar-refractivity contribution >= 4 is 46.3 Å². The summed E-state index contributed by atoms with van der Waals surface area (Å²) in [6.07, 6.45) is 9.46. The number of benzene rings is 2. The van der Waals surface area contributed by atoms with E-state index in [4.69, 9.17) is 10.5 Å². The first kappa shape index (κ1) is 44.6. The molecule has 6 N–H and O–H groups in total. The fourth-order valence-corrected chi connectivity index (χ4v) is 8.55. The molecule has 1 aliphatic heterocycles. The van der Waals surface area contributed by atoms with Crippen molar-refractivity contribution in [2.45, 2.75) is 121 Å².